The summed E-state index contributed by atoms with van der Waals surface area (Å²) >= 11 is 0. The Kier molecular flexibility index (Phi) is 5.11. The zero-order chi connectivity index (χ0) is 18.8. The van der Waals surface area contributed by atoms with E-state index in [4.69, 9.17) is 0 Å². The topological polar surface area (TPSA) is 58.4 Å². The normalized spacial score (nSPS) is 16.3. The van der Waals surface area contributed by atoms with E-state index in [0.29, 0.717) is 13.1 Å². The first-order chi connectivity index (χ1) is 12.4. The number of amides is 2. The van der Waals surface area contributed by atoms with Gasteiger partial charge in [-0.25, -0.2) is 4.98 Å². The highest BCUT2D eigenvalue weighted by Crippen LogP contribution is 2.22. The van der Waals surface area contributed by atoms with E-state index in [1.54, 1.807) is 16.0 Å². The number of hydrogen-bond donors (Lipinski definition) is 0. The molecule has 26 heavy (non-hydrogen) atoms. The van der Waals surface area contributed by atoms with E-state index < -0.39 is 0 Å². The minimum Gasteiger partial charge on any atom is -0.330 e. The Morgan fingerprint density at radius 1 is 1.12 bits per heavy atom. The van der Waals surface area contributed by atoms with E-state index in [1.807, 2.05) is 48.9 Å². The molecule has 1 aromatic carbocycles. The number of aromatic nitrogens is 2. The number of carbonyl (C=O) groups is 2. The molecule has 2 heterocycles. The fourth-order valence-electron chi connectivity index (χ4n) is 3.34. The third kappa shape index (κ3) is 3.49. The van der Waals surface area contributed by atoms with Crippen LogP contribution in [-0.2, 0) is 9.59 Å². The second-order valence-corrected chi connectivity index (χ2v) is 7.16. The van der Waals surface area contributed by atoms with Crippen molar-refractivity contribution in [2.24, 2.45) is 0 Å². The van der Waals surface area contributed by atoms with Crippen molar-refractivity contribution in [3.05, 3.63) is 48.0 Å². The predicted molar refractivity (Wildman–Crippen MR) is 101 cm³/mol. The lowest BCUT2D eigenvalue weighted by Gasteiger charge is -2.36. The first kappa shape index (κ1) is 18.2. The molecule has 6 nitrogen and oxygen atoms in total. The van der Waals surface area contributed by atoms with Crippen LogP contribution in [0.1, 0.15) is 44.1 Å². The lowest BCUT2D eigenvalue weighted by atomic mass is 10.1. The maximum Gasteiger partial charge on any atom is 0.246 e. The molecule has 2 amide bonds. The number of piperazine rings is 1. The molecule has 2 aromatic rings. The van der Waals surface area contributed by atoms with Crippen LogP contribution in [0.5, 0.6) is 0 Å². The number of carbonyl (C=O) groups excluding carboxylic acids is 2. The van der Waals surface area contributed by atoms with Gasteiger partial charge < -0.3 is 14.4 Å². The zero-order valence-electron chi connectivity index (χ0n) is 15.8. The molecule has 0 N–H and O–H groups in total. The molecule has 0 aliphatic carbocycles. The number of rotatable bonds is 4. The summed E-state index contributed by atoms with van der Waals surface area (Å²) in [5.74, 6) is 1.04. The number of nitrogens with zero attached hydrogens (tertiary/aromatic N) is 4. The highest BCUT2D eigenvalue weighted by Gasteiger charge is 2.31. The van der Waals surface area contributed by atoms with Gasteiger partial charge in [0.2, 0.25) is 11.8 Å². The maximum atomic E-state index is 12.9. The van der Waals surface area contributed by atoms with E-state index in [2.05, 4.69) is 18.8 Å². The zero-order valence-corrected chi connectivity index (χ0v) is 15.8. The summed E-state index contributed by atoms with van der Waals surface area (Å²) in [6.07, 6.45) is 3.56. The molecule has 0 spiro atoms. The van der Waals surface area contributed by atoms with Crippen molar-refractivity contribution in [3.8, 4) is 0 Å². The molecule has 6 heteroatoms. The molecular weight excluding hydrogens is 328 g/mol. The van der Waals surface area contributed by atoms with Crippen LogP contribution < -0.4 is 4.90 Å². The monoisotopic (exact) mass is 354 g/mol. The van der Waals surface area contributed by atoms with Gasteiger partial charge in [-0.1, -0.05) is 31.5 Å². The van der Waals surface area contributed by atoms with Gasteiger partial charge in [0.1, 0.15) is 18.4 Å². The molecule has 0 saturated carbocycles. The Balaban J connectivity index is 1.70. The van der Waals surface area contributed by atoms with Crippen molar-refractivity contribution in [2.45, 2.75) is 39.7 Å². The van der Waals surface area contributed by atoms with E-state index in [9.17, 15) is 9.59 Å². The standard InChI is InChI=1S/C20H26N4O2/c1-14(2)19-21-9-10-23(19)16(4)20(26)22-11-12-24(18(25)13-22)17-7-5-15(3)6-8-17/h5-10,14,16H,11-13H2,1-4H3/t16-/m1/s1. The molecule has 1 fully saturated rings. The molecule has 1 aliphatic rings. The molecule has 1 aliphatic heterocycles. The summed E-state index contributed by atoms with van der Waals surface area (Å²) < 4.78 is 1.91. The Hall–Kier alpha value is -2.63. The van der Waals surface area contributed by atoms with Gasteiger partial charge in [-0.05, 0) is 26.0 Å². The molecule has 1 atom stereocenters. The van der Waals surface area contributed by atoms with Gasteiger partial charge in [-0.15, -0.1) is 0 Å². The summed E-state index contributed by atoms with van der Waals surface area (Å²) in [5.41, 5.74) is 2.04. The van der Waals surface area contributed by atoms with E-state index in [1.165, 1.54) is 0 Å². The fraction of sp³-hybridized carbons (Fsp3) is 0.450. The molecule has 1 aromatic heterocycles. The minimum atomic E-state index is -0.367. The van der Waals surface area contributed by atoms with Crippen molar-refractivity contribution < 1.29 is 9.59 Å². The molecule has 138 valence electrons. The number of imidazole rings is 1. The van der Waals surface area contributed by atoms with Crippen LogP contribution in [0.15, 0.2) is 36.7 Å². The van der Waals surface area contributed by atoms with Crippen LogP contribution in [0.4, 0.5) is 5.69 Å². The molecule has 1 saturated heterocycles. The first-order valence-corrected chi connectivity index (χ1v) is 9.07. The largest absolute Gasteiger partial charge is 0.330 e. The van der Waals surface area contributed by atoms with Gasteiger partial charge >= 0.3 is 0 Å². The third-order valence-corrected chi connectivity index (χ3v) is 4.87. The minimum absolute atomic E-state index is 0.0400. The average Bonchev–Trinajstić information content (AvgIpc) is 3.11. The summed E-state index contributed by atoms with van der Waals surface area (Å²) in [7, 11) is 0. The Bertz CT molecular complexity index is 794. The van der Waals surface area contributed by atoms with Crippen molar-refractivity contribution in [1.82, 2.24) is 14.5 Å². The van der Waals surface area contributed by atoms with E-state index in [-0.39, 0.29) is 30.3 Å². The van der Waals surface area contributed by atoms with Gasteiger partial charge in [-0.2, -0.15) is 0 Å². The predicted octanol–water partition coefficient (Wildman–Crippen LogP) is 2.75. The van der Waals surface area contributed by atoms with Gasteiger partial charge in [0.15, 0.2) is 0 Å². The summed E-state index contributed by atoms with van der Waals surface area (Å²) in [6, 6.07) is 7.53. The average molecular weight is 354 g/mol. The van der Waals surface area contributed by atoms with Crippen LogP contribution in [0.3, 0.4) is 0 Å². The van der Waals surface area contributed by atoms with Crippen molar-refractivity contribution in [3.63, 3.8) is 0 Å². The molecule has 3 rings (SSSR count). The van der Waals surface area contributed by atoms with Crippen LogP contribution in [0.25, 0.3) is 0 Å². The van der Waals surface area contributed by atoms with Gasteiger partial charge in [-0.3, -0.25) is 9.59 Å². The van der Waals surface area contributed by atoms with Crippen molar-refractivity contribution >= 4 is 17.5 Å². The van der Waals surface area contributed by atoms with Crippen LogP contribution in [-0.4, -0.2) is 45.9 Å². The van der Waals surface area contributed by atoms with E-state index in [0.717, 1.165) is 17.1 Å². The Morgan fingerprint density at radius 2 is 1.81 bits per heavy atom. The van der Waals surface area contributed by atoms with Crippen LogP contribution >= 0.6 is 0 Å². The number of anilines is 1. The first-order valence-electron chi connectivity index (χ1n) is 9.07. The second kappa shape index (κ2) is 7.32. The smallest absolute Gasteiger partial charge is 0.246 e. The second-order valence-electron chi connectivity index (χ2n) is 7.16. The third-order valence-electron chi connectivity index (χ3n) is 4.87. The van der Waals surface area contributed by atoms with Gasteiger partial charge in [0, 0.05) is 37.1 Å². The summed E-state index contributed by atoms with van der Waals surface area (Å²) in [5, 5.41) is 0. The highest BCUT2D eigenvalue weighted by atomic mass is 16.2. The Morgan fingerprint density at radius 3 is 2.42 bits per heavy atom. The Labute approximate surface area is 154 Å². The number of aryl methyl sites for hydroxylation is 1. The van der Waals surface area contributed by atoms with Gasteiger partial charge in [0.05, 0.1) is 0 Å². The quantitative estimate of drug-likeness (QED) is 0.848. The van der Waals surface area contributed by atoms with E-state index >= 15 is 0 Å². The highest BCUT2D eigenvalue weighted by molar-refractivity contribution is 5.98. The molecule has 0 radical (unpaired) electrons. The molecule has 0 bridgehead atoms. The van der Waals surface area contributed by atoms with Crippen molar-refractivity contribution in [2.75, 3.05) is 24.5 Å². The summed E-state index contributed by atoms with van der Waals surface area (Å²) in [4.78, 5) is 33.3. The maximum absolute atomic E-state index is 12.9. The number of benzene rings is 1. The fourth-order valence-corrected chi connectivity index (χ4v) is 3.34. The number of hydrogen-bond acceptors (Lipinski definition) is 3. The summed E-state index contributed by atoms with van der Waals surface area (Å²) in [6.45, 7) is 9.16. The van der Waals surface area contributed by atoms with Gasteiger partial charge in [0.25, 0.3) is 0 Å². The lowest BCUT2D eigenvalue weighted by Crippen LogP contribution is -2.53. The molecular formula is C20H26N4O2. The lowest BCUT2D eigenvalue weighted by molar-refractivity contribution is -0.139. The molecule has 0 unspecified atom stereocenters. The van der Waals surface area contributed by atoms with Crippen LogP contribution in [0.2, 0.25) is 0 Å². The van der Waals surface area contributed by atoms with Crippen LogP contribution in [0, 0.1) is 6.92 Å². The SMILES string of the molecule is Cc1ccc(N2CCN(C(=O)[C@@H](C)n3ccnc3C(C)C)CC2=O)cc1. The van der Waals surface area contributed by atoms with Crippen molar-refractivity contribution in [1.29, 1.82) is 0 Å².